The molecule has 0 aromatic carbocycles. The molecule has 1 aliphatic carbocycles. The minimum absolute atomic E-state index is 0.420. The lowest BCUT2D eigenvalue weighted by Gasteiger charge is -2.35. The van der Waals surface area contributed by atoms with Gasteiger partial charge in [0.1, 0.15) is 0 Å². The Morgan fingerprint density at radius 3 is 2.38 bits per heavy atom. The van der Waals surface area contributed by atoms with Crippen LogP contribution in [0.1, 0.15) is 46.5 Å². The summed E-state index contributed by atoms with van der Waals surface area (Å²) in [6.07, 6.45) is 4.29. The van der Waals surface area contributed by atoms with Crippen LogP contribution in [0.4, 0.5) is 0 Å². The Morgan fingerprint density at radius 2 is 1.92 bits per heavy atom. The van der Waals surface area contributed by atoms with Crippen LogP contribution in [-0.4, -0.2) is 23.3 Å². The molecule has 2 nitrogen and oxygen atoms in total. The van der Waals surface area contributed by atoms with Crippen molar-refractivity contribution < 1.29 is 5.11 Å². The van der Waals surface area contributed by atoms with Gasteiger partial charge >= 0.3 is 0 Å². The van der Waals surface area contributed by atoms with E-state index in [-0.39, 0.29) is 0 Å². The van der Waals surface area contributed by atoms with Crippen molar-refractivity contribution in [3.8, 4) is 0 Å². The SMILES string of the molecule is CC1CCC(O)(CNC(C)C)CC1. The predicted molar refractivity (Wildman–Crippen MR) is 55.7 cm³/mol. The Labute approximate surface area is 81.7 Å². The van der Waals surface area contributed by atoms with E-state index in [2.05, 4.69) is 26.1 Å². The molecule has 1 fully saturated rings. The summed E-state index contributed by atoms with van der Waals surface area (Å²) in [5.41, 5.74) is -0.420. The van der Waals surface area contributed by atoms with Crippen LogP contribution in [0.15, 0.2) is 0 Å². The highest BCUT2D eigenvalue weighted by molar-refractivity contribution is 4.86. The molecule has 1 rings (SSSR count). The van der Waals surface area contributed by atoms with Crippen LogP contribution in [0.5, 0.6) is 0 Å². The van der Waals surface area contributed by atoms with Gasteiger partial charge in [0.05, 0.1) is 5.60 Å². The minimum Gasteiger partial charge on any atom is -0.389 e. The summed E-state index contributed by atoms with van der Waals surface area (Å²) < 4.78 is 0. The number of hydrogen-bond donors (Lipinski definition) is 2. The lowest BCUT2D eigenvalue weighted by atomic mass is 9.79. The first kappa shape index (κ1) is 11.0. The van der Waals surface area contributed by atoms with Crippen LogP contribution in [-0.2, 0) is 0 Å². The van der Waals surface area contributed by atoms with Crippen molar-refractivity contribution in [3.05, 3.63) is 0 Å². The molecule has 0 radical (unpaired) electrons. The van der Waals surface area contributed by atoms with Gasteiger partial charge in [-0.15, -0.1) is 0 Å². The predicted octanol–water partition coefficient (Wildman–Crippen LogP) is 1.93. The molecule has 0 aromatic heterocycles. The van der Waals surface area contributed by atoms with Gasteiger partial charge in [-0.2, -0.15) is 0 Å². The summed E-state index contributed by atoms with van der Waals surface area (Å²) in [6, 6.07) is 0.475. The average Bonchev–Trinajstić information content (AvgIpc) is 2.08. The van der Waals surface area contributed by atoms with E-state index >= 15 is 0 Å². The Morgan fingerprint density at radius 1 is 1.38 bits per heavy atom. The molecular weight excluding hydrogens is 162 g/mol. The third-order valence-electron chi connectivity index (χ3n) is 3.04. The summed E-state index contributed by atoms with van der Waals surface area (Å²) in [7, 11) is 0. The van der Waals surface area contributed by atoms with E-state index in [4.69, 9.17) is 0 Å². The standard InChI is InChI=1S/C11H23NO/c1-9(2)12-8-11(13)6-4-10(3)5-7-11/h9-10,12-13H,4-8H2,1-3H3. The van der Waals surface area contributed by atoms with Gasteiger partial charge in [-0.1, -0.05) is 20.8 Å². The molecule has 0 spiro atoms. The number of rotatable bonds is 3. The van der Waals surface area contributed by atoms with Gasteiger partial charge in [-0.3, -0.25) is 0 Å². The molecule has 0 amide bonds. The van der Waals surface area contributed by atoms with Gasteiger partial charge in [0.15, 0.2) is 0 Å². The molecule has 1 aliphatic rings. The smallest absolute Gasteiger partial charge is 0.0771 e. The summed E-state index contributed by atoms with van der Waals surface area (Å²) in [6.45, 7) is 7.27. The molecule has 0 aromatic rings. The molecule has 0 atom stereocenters. The highest BCUT2D eigenvalue weighted by Crippen LogP contribution is 2.31. The zero-order chi connectivity index (χ0) is 9.90. The Balaban J connectivity index is 2.30. The van der Waals surface area contributed by atoms with Crippen molar-refractivity contribution in [2.75, 3.05) is 6.54 Å². The fraction of sp³-hybridized carbons (Fsp3) is 1.00. The molecule has 0 aliphatic heterocycles. The van der Waals surface area contributed by atoms with E-state index in [1.54, 1.807) is 0 Å². The molecule has 78 valence electrons. The number of hydrogen-bond acceptors (Lipinski definition) is 2. The van der Waals surface area contributed by atoms with Gasteiger partial charge in [0.25, 0.3) is 0 Å². The molecule has 0 saturated heterocycles. The summed E-state index contributed by atoms with van der Waals surface area (Å²) in [5.74, 6) is 0.805. The van der Waals surface area contributed by atoms with Crippen LogP contribution in [0.2, 0.25) is 0 Å². The molecule has 0 unspecified atom stereocenters. The van der Waals surface area contributed by atoms with Crippen molar-refractivity contribution in [2.24, 2.45) is 5.92 Å². The van der Waals surface area contributed by atoms with E-state index in [1.165, 1.54) is 12.8 Å². The Bertz CT molecular complexity index is 148. The van der Waals surface area contributed by atoms with Crippen LogP contribution in [0.3, 0.4) is 0 Å². The maximum absolute atomic E-state index is 10.2. The van der Waals surface area contributed by atoms with E-state index < -0.39 is 5.60 Å². The van der Waals surface area contributed by atoms with Crippen molar-refractivity contribution in [1.29, 1.82) is 0 Å². The van der Waals surface area contributed by atoms with Crippen LogP contribution in [0.25, 0.3) is 0 Å². The summed E-state index contributed by atoms with van der Waals surface area (Å²) in [5, 5.41) is 13.5. The third-order valence-corrected chi connectivity index (χ3v) is 3.04. The zero-order valence-corrected chi connectivity index (χ0v) is 9.14. The monoisotopic (exact) mass is 185 g/mol. The van der Waals surface area contributed by atoms with Crippen LogP contribution < -0.4 is 5.32 Å². The van der Waals surface area contributed by atoms with Crippen molar-refractivity contribution in [3.63, 3.8) is 0 Å². The van der Waals surface area contributed by atoms with Crippen molar-refractivity contribution >= 4 is 0 Å². The summed E-state index contributed by atoms with van der Waals surface area (Å²) in [4.78, 5) is 0. The second-order valence-corrected chi connectivity index (χ2v) is 4.94. The molecule has 13 heavy (non-hydrogen) atoms. The number of aliphatic hydroxyl groups is 1. The lowest BCUT2D eigenvalue weighted by molar-refractivity contribution is -0.00742. The average molecular weight is 185 g/mol. The first-order valence-electron chi connectivity index (χ1n) is 5.48. The summed E-state index contributed by atoms with van der Waals surface area (Å²) >= 11 is 0. The normalized spacial score (nSPS) is 35.3. The first-order valence-corrected chi connectivity index (χ1v) is 5.48. The van der Waals surface area contributed by atoms with Crippen LogP contribution >= 0.6 is 0 Å². The highest BCUT2D eigenvalue weighted by Gasteiger charge is 2.31. The van der Waals surface area contributed by atoms with E-state index in [1.807, 2.05) is 0 Å². The zero-order valence-electron chi connectivity index (χ0n) is 9.14. The molecule has 2 N–H and O–H groups in total. The van der Waals surface area contributed by atoms with E-state index in [0.717, 1.165) is 25.3 Å². The molecular formula is C11H23NO. The molecule has 1 saturated carbocycles. The first-order chi connectivity index (χ1) is 6.02. The topological polar surface area (TPSA) is 32.3 Å². The van der Waals surface area contributed by atoms with Gasteiger partial charge < -0.3 is 10.4 Å². The van der Waals surface area contributed by atoms with Gasteiger partial charge in [0, 0.05) is 12.6 Å². The Hall–Kier alpha value is -0.0800. The third kappa shape index (κ3) is 3.65. The largest absolute Gasteiger partial charge is 0.389 e. The van der Waals surface area contributed by atoms with Gasteiger partial charge in [-0.25, -0.2) is 0 Å². The van der Waals surface area contributed by atoms with E-state index in [0.29, 0.717) is 6.04 Å². The van der Waals surface area contributed by atoms with Crippen molar-refractivity contribution in [2.45, 2.75) is 58.1 Å². The fourth-order valence-corrected chi connectivity index (χ4v) is 1.87. The molecule has 0 bridgehead atoms. The highest BCUT2D eigenvalue weighted by atomic mass is 16.3. The van der Waals surface area contributed by atoms with Crippen LogP contribution in [0, 0.1) is 5.92 Å². The maximum Gasteiger partial charge on any atom is 0.0771 e. The lowest BCUT2D eigenvalue weighted by Crippen LogP contribution is -2.45. The second kappa shape index (κ2) is 4.43. The maximum atomic E-state index is 10.2. The Kier molecular flexibility index (Phi) is 3.74. The minimum atomic E-state index is -0.420. The van der Waals surface area contributed by atoms with Crippen molar-refractivity contribution in [1.82, 2.24) is 5.32 Å². The van der Waals surface area contributed by atoms with Gasteiger partial charge in [0.2, 0.25) is 0 Å². The quantitative estimate of drug-likeness (QED) is 0.704. The molecule has 2 heteroatoms. The fourth-order valence-electron chi connectivity index (χ4n) is 1.87. The molecule has 0 heterocycles. The second-order valence-electron chi connectivity index (χ2n) is 4.94. The van der Waals surface area contributed by atoms with Gasteiger partial charge in [-0.05, 0) is 31.6 Å². The number of nitrogens with one attached hydrogen (secondary N) is 1. The van der Waals surface area contributed by atoms with E-state index in [9.17, 15) is 5.11 Å².